The summed E-state index contributed by atoms with van der Waals surface area (Å²) in [4.78, 5) is 2.95. The molecule has 0 bridgehead atoms. The van der Waals surface area contributed by atoms with Gasteiger partial charge < -0.3 is 4.90 Å². The molecule has 140 valence electrons. The molecule has 1 aromatic carbocycles. The van der Waals surface area contributed by atoms with Crippen LogP contribution in [0.3, 0.4) is 0 Å². The molecular formula is C20H22FN4S2+. The van der Waals surface area contributed by atoms with Crippen molar-refractivity contribution in [3.8, 4) is 11.4 Å². The highest BCUT2D eigenvalue weighted by molar-refractivity contribution is 7.71. The second kappa shape index (κ2) is 7.50. The lowest BCUT2D eigenvalue weighted by Crippen LogP contribution is -3.12. The second-order valence-electron chi connectivity index (χ2n) is 6.85. The maximum absolute atomic E-state index is 13.3. The summed E-state index contributed by atoms with van der Waals surface area (Å²) < 4.78 is 17.8. The van der Waals surface area contributed by atoms with E-state index in [0.29, 0.717) is 24.0 Å². The summed E-state index contributed by atoms with van der Waals surface area (Å²) >= 11 is 7.55. The van der Waals surface area contributed by atoms with Gasteiger partial charge in [0.05, 0.1) is 6.54 Å². The van der Waals surface area contributed by atoms with Crippen LogP contribution in [0.25, 0.3) is 11.4 Å². The molecule has 4 nitrogen and oxygen atoms in total. The molecule has 4 rings (SSSR count). The highest BCUT2D eigenvalue weighted by Crippen LogP contribution is 2.25. The van der Waals surface area contributed by atoms with Gasteiger partial charge in [0.1, 0.15) is 11.9 Å². The van der Waals surface area contributed by atoms with Crippen LogP contribution >= 0.6 is 23.6 Å². The first kappa shape index (κ1) is 18.3. The minimum absolute atomic E-state index is 0.259. The van der Waals surface area contributed by atoms with Crippen molar-refractivity contribution in [1.29, 1.82) is 0 Å². The molecule has 2 atom stereocenters. The highest BCUT2D eigenvalue weighted by Gasteiger charge is 2.29. The van der Waals surface area contributed by atoms with Crippen molar-refractivity contribution < 1.29 is 9.29 Å². The molecule has 27 heavy (non-hydrogen) atoms. The molecule has 1 unspecified atom stereocenters. The van der Waals surface area contributed by atoms with Gasteiger partial charge in [-0.2, -0.15) is 4.68 Å². The Balaban J connectivity index is 1.67. The van der Waals surface area contributed by atoms with Gasteiger partial charge in [-0.1, -0.05) is 6.08 Å². The van der Waals surface area contributed by atoms with Gasteiger partial charge in [-0.3, -0.25) is 4.57 Å². The number of aromatic nitrogens is 3. The van der Waals surface area contributed by atoms with Crippen LogP contribution in [0, 0.1) is 10.6 Å². The van der Waals surface area contributed by atoms with E-state index in [1.165, 1.54) is 27.5 Å². The molecule has 0 saturated carbocycles. The van der Waals surface area contributed by atoms with Crippen LogP contribution in [-0.4, -0.2) is 20.9 Å². The summed E-state index contributed by atoms with van der Waals surface area (Å²) in [6.07, 6.45) is 2.90. The van der Waals surface area contributed by atoms with Crippen molar-refractivity contribution in [2.24, 2.45) is 0 Å². The van der Waals surface area contributed by atoms with Gasteiger partial charge in [-0.25, -0.2) is 4.39 Å². The van der Waals surface area contributed by atoms with E-state index in [1.807, 2.05) is 26.7 Å². The van der Waals surface area contributed by atoms with Crippen molar-refractivity contribution >= 4 is 23.6 Å². The van der Waals surface area contributed by atoms with Gasteiger partial charge >= 0.3 is 0 Å². The molecule has 0 aliphatic carbocycles. The summed E-state index contributed by atoms with van der Waals surface area (Å²) in [7, 11) is 0. The molecule has 0 amide bonds. The summed E-state index contributed by atoms with van der Waals surface area (Å²) in [5, 5.41) is 6.97. The number of allylic oxidation sites excluding steroid dienone is 1. The second-order valence-corrected chi connectivity index (χ2v) is 8.21. The monoisotopic (exact) mass is 401 g/mol. The van der Waals surface area contributed by atoms with E-state index < -0.39 is 0 Å². The number of halogens is 1. The van der Waals surface area contributed by atoms with Gasteiger partial charge in [0.2, 0.25) is 4.77 Å². The third-order valence-corrected chi connectivity index (χ3v) is 6.65. The Kier molecular flexibility index (Phi) is 5.08. The predicted molar refractivity (Wildman–Crippen MR) is 109 cm³/mol. The third kappa shape index (κ3) is 3.42. The topological polar surface area (TPSA) is 27.2 Å². The molecular weight excluding hydrogens is 379 g/mol. The molecule has 1 aliphatic heterocycles. The Labute approximate surface area is 167 Å². The van der Waals surface area contributed by atoms with Gasteiger partial charge in [0, 0.05) is 29.0 Å². The van der Waals surface area contributed by atoms with E-state index in [1.54, 1.807) is 12.1 Å². The Morgan fingerprint density at radius 3 is 2.89 bits per heavy atom. The van der Waals surface area contributed by atoms with Gasteiger partial charge in [-0.05, 0) is 54.9 Å². The summed E-state index contributed by atoms with van der Waals surface area (Å²) in [6.45, 7) is 8.46. The zero-order valence-corrected chi connectivity index (χ0v) is 16.8. The highest BCUT2D eigenvalue weighted by atomic mass is 32.1. The molecule has 1 N–H and O–H groups in total. The molecule has 0 spiro atoms. The van der Waals surface area contributed by atoms with Crippen molar-refractivity contribution in [1.82, 2.24) is 14.3 Å². The van der Waals surface area contributed by atoms with E-state index in [9.17, 15) is 4.39 Å². The van der Waals surface area contributed by atoms with Crippen LogP contribution in [0.4, 0.5) is 4.39 Å². The largest absolute Gasteiger partial charge is 0.310 e. The van der Waals surface area contributed by atoms with Crippen LogP contribution in [0.15, 0.2) is 48.4 Å². The fourth-order valence-corrected chi connectivity index (χ4v) is 4.95. The molecule has 3 heterocycles. The molecule has 7 heteroatoms. The van der Waals surface area contributed by atoms with Crippen molar-refractivity contribution in [3.63, 3.8) is 0 Å². The van der Waals surface area contributed by atoms with Crippen LogP contribution in [0.2, 0.25) is 0 Å². The summed E-state index contributed by atoms with van der Waals surface area (Å²) in [5.41, 5.74) is 2.29. The fraction of sp³-hybridized carbons (Fsp3) is 0.300. The minimum Gasteiger partial charge on any atom is -0.310 e. The quantitative estimate of drug-likeness (QED) is 0.522. The molecule has 0 fully saturated rings. The number of nitrogens with zero attached hydrogens (tertiary/aromatic N) is 3. The normalized spacial score (nSPS) is 19.0. The number of hydrogen-bond acceptors (Lipinski definition) is 3. The van der Waals surface area contributed by atoms with Crippen LogP contribution in [0.1, 0.15) is 23.4 Å². The van der Waals surface area contributed by atoms with Crippen molar-refractivity contribution in [2.75, 3.05) is 6.54 Å². The Bertz CT molecular complexity index is 1020. The molecule has 2 aromatic heterocycles. The summed E-state index contributed by atoms with van der Waals surface area (Å²) in [6, 6.07) is 9.04. The fourth-order valence-electron chi connectivity index (χ4n) is 3.71. The lowest BCUT2D eigenvalue weighted by molar-refractivity contribution is -0.954. The average Bonchev–Trinajstić information content (AvgIpc) is 3.26. The van der Waals surface area contributed by atoms with Crippen molar-refractivity contribution in [2.45, 2.75) is 32.6 Å². The number of quaternary nitrogens is 1. The van der Waals surface area contributed by atoms with Gasteiger partial charge in [0.25, 0.3) is 0 Å². The Morgan fingerprint density at radius 2 is 2.15 bits per heavy atom. The third-order valence-electron chi connectivity index (χ3n) is 5.22. The number of thiophene rings is 1. The molecule has 1 aliphatic rings. The van der Waals surface area contributed by atoms with E-state index in [2.05, 4.69) is 24.9 Å². The number of nitrogens with one attached hydrogen (secondary N) is 1. The smallest absolute Gasteiger partial charge is 0.203 e. The number of benzene rings is 1. The first-order valence-electron chi connectivity index (χ1n) is 9.04. The van der Waals surface area contributed by atoms with E-state index in [-0.39, 0.29) is 5.82 Å². The predicted octanol–water partition coefficient (Wildman–Crippen LogP) is 3.63. The van der Waals surface area contributed by atoms with Crippen LogP contribution in [-0.2, 0) is 19.6 Å². The maximum atomic E-state index is 13.3. The van der Waals surface area contributed by atoms with Crippen LogP contribution in [0.5, 0.6) is 0 Å². The van der Waals surface area contributed by atoms with Gasteiger partial charge in [-0.15, -0.1) is 23.0 Å². The lowest BCUT2D eigenvalue weighted by Gasteiger charge is -2.30. The number of fused-ring (bicyclic) bond motifs is 1. The standard InChI is InChI=1S/C20H21FN4S2/c1-3-10-24-19(15-4-6-16(21)7-5-15)22-25(20(24)26)13-23-11-8-18-17(14(23)2)9-12-27-18/h3-7,9,12,14H,1,8,10-11,13H2,2H3/p+1/t14-/m0/s1. The Morgan fingerprint density at radius 1 is 1.37 bits per heavy atom. The average molecular weight is 402 g/mol. The van der Waals surface area contributed by atoms with Gasteiger partial charge in [0.15, 0.2) is 12.5 Å². The maximum Gasteiger partial charge on any atom is 0.203 e. The number of hydrogen-bond donors (Lipinski definition) is 1. The van der Waals surface area contributed by atoms with E-state index in [4.69, 9.17) is 17.3 Å². The lowest BCUT2D eigenvalue weighted by atomic mass is 10.0. The first-order valence-corrected chi connectivity index (χ1v) is 10.3. The van der Waals surface area contributed by atoms with Crippen LogP contribution < -0.4 is 4.90 Å². The zero-order chi connectivity index (χ0) is 19.0. The molecule has 3 aromatic rings. The molecule has 0 radical (unpaired) electrons. The molecule has 0 saturated heterocycles. The Hall–Kier alpha value is -2.09. The summed E-state index contributed by atoms with van der Waals surface area (Å²) in [5.74, 6) is 0.491. The van der Waals surface area contributed by atoms with Crippen molar-refractivity contribution in [3.05, 3.63) is 69.4 Å². The van der Waals surface area contributed by atoms with E-state index in [0.717, 1.165) is 24.4 Å². The number of rotatable bonds is 5. The van der Waals surface area contributed by atoms with E-state index >= 15 is 0 Å². The minimum atomic E-state index is -0.259. The zero-order valence-electron chi connectivity index (χ0n) is 15.2. The SMILES string of the molecule is C=CCn1c(-c2ccc(F)cc2)nn(C[NH+]2CCc3sccc3[C@@H]2C)c1=S. The first-order chi connectivity index (χ1) is 13.1.